The molecule has 0 radical (unpaired) electrons. The van der Waals surface area contributed by atoms with Gasteiger partial charge in [-0.25, -0.2) is 4.39 Å². The van der Waals surface area contributed by atoms with Crippen LogP contribution in [0.5, 0.6) is 0 Å². The second-order valence-corrected chi connectivity index (χ2v) is 4.62. The van der Waals surface area contributed by atoms with Crippen LogP contribution in [-0.4, -0.2) is 0 Å². The first-order chi connectivity index (χ1) is 7.79. The first-order valence-electron chi connectivity index (χ1n) is 5.34. The lowest BCUT2D eigenvalue weighted by atomic mass is 10.1. The largest absolute Gasteiger partial charge is 0.380 e. The number of benzene rings is 1. The van der Waals surface area contributed by atoms with Gasteiger partial charge in [0.25, 0.3) is 0 Å². The van der Waals surface area contributed by atoms with Gasteiger partial charge >= 0.3 is 0 Å². The zero-order valence-electron chi connectivity index (χ0n) is 9.16. The molecule has 2 rings (SSSR count). The second-order valence-electron chi connectivity index (χ2n) is 3.59. The molecule has 1 nitrogen and oxygen atoms in total. The zero-order chi connectivity index (χ0) is 11.4. The van der Waals surface area contributed by atoms with Crippen molar-refractivity contribution in [2.75, 3.05) is 5.32 Å². The summed E-state index contributed by atoms with van der Waals surface area (Å²) < 4.78 is 13.5. The van der Waals surface area contributed by atoms with Crippen LogP contribution >= 0.6 is 11.3 Å². The molecule has 16 heavy (non-hydrogen) atoms. The summed E-state index contributed by atoms with van der Waals surface area (Å²) in [6.45, 7) is 2.71. The molecule has 1 heterocycles. The van der Waals surface area contributed by atoms with Crippen LogP contribution in [0.3, 0.4) is 0 Å². The Hall–Kier alpha value is -1.35. The molecular weight excluding hydrogens is 221 g/mol. The molecule has 0 spiro atoms. The molecular formula is C13H14FNS. The maximum absolute atomic E-state index is 13.5. The van der Waals surface area contributed by atoms with Crippen LogP contribution in [-0.2, 0) is 13.0 Å². The molecule has 0 aliphatic rings. The van der Waals surface area contributed by atoms with E-state index in [2.05, 4.69) is 11.4 Å². The van der Waals surface area contributed by atoms with Crippen molar-refractivity contribution in [2.45, 2.75) is 19.9 Å². The van der Waals surface area contributed by atoms with Crippen LogP contribution in [0, 0.1) is 5.82 Å². The SMILES string of the molecule is CCc1ccc(NCc2cccs2)cc1F. The Morgan fingerprint density at radius 1 is 1.31 bits per heavy atom. The second kappa shape index (κ2) is 5.12. The highest BCUT2D eigenvalue weighted by Gasteiger charge is 2.01. The van der Waals surface area contributed by atoms with Gasteiger partial charge in [-0.1, -0.05) is 19.1 Å². The van der Waals surface area contributed by atoms with E-state index in [4.69, 9.17) is 0 Å². The summed E-state index contributed by atoms with van der Waals surface area (Å²) in [6.07, 6.45) is 0.733. The third-order valence-electron chi connectivity index (χ3n) is 2.48. The Bertz CT molecular complexity index is 451. The van der Waals surface area contributed by atoms with Gasteiger partial charge in [0.2, 0.25) is 0 Å². The highest BCUT2D eigenvalue weighted by molar-refractivity contribution is 7.09. The molecule has 1 aromatic carbocycles. The molecule has 84 valence electrons. The fraction of sp³-hybridized carbons (Fsp3) is 0.231. The number of rotatable bonds is 4. The maximum atomic E-state index is 13.5. The molecule has 0 atom stereocenters. The lowest BCUT2D eigenvalue weighted by Gasteiger charge is -2.06. The van der Waals surface area contributed by atoms with Crippen molar-refractivity contribution in [3.05, 3.63) is 52.0 Å². The fourth-order valence-corrected chi connectivity index (χ4v) is 2.19. The smallest absolute Gasteiger partial charge is 0.128 e. The third kappa shape index (κ3) is 2.61. The normalized spacial score (nSPS) is 10.4. The van der Waals surface area contributed by atoms with Crippen molar-refractivity contribution >= 4 is 17.0 Å². The Kier molecular flexibility index (Phi) is 3.57. The number of halogens is 1. The Morgan fingerprint density at radius 2 is 2.19 bits per heavy atom. The van der Waals surface area contributed by atoms with Gasteiger partial charge in [0.1, 0.15) is 5.82 Å². The van der Waals surface area contributed by atoms with E-state index in [1.807, 2.05) is 30.5 Å². The molecule has 0 saturated heterocycles. The van der Waals surface area contributed by atoms with Crippen molar-refractivity contribution in [3.8, 4) is 0 Å². The van der Waals surface area contributed by atoms with E-state index in [1.165, 1.54) is 4.88 Å². The highest BCUT2D eigenvalue weighted by Crippen LogP contribution is 2.17. The van der Waals surface area contributed by atoms with Gasteiger partial charge in [-0.05, 0) is 35.6 Å². The van der Waals surface area contributed by atoms with E-state index in [0.717, 1.165) is 24.2 Å². The van der Waals surface area contributed by atoms with Gasteiger partial charge in [0, 0.05) is 17.1 Å². The molecule has 2 aromatic rings. The van der Waals surface area contributed by atoms with Crippen LogP contribution in [0.1, 0.15) is 17.4 Å². The number of aryl methyl sites for hydroxylation is 1. The van der Waals surface area contributed by atoms with Crippen molar-refractivity contribution in [3.63, 3.8) is 0 Å². The summed E-state index contributed by atoms with van der Waals surface area (Å²) >= 11 is 1.70. The van der Waals surface area contributed by atoms with Crippen molar-refractivity contribution in [1.29, 1.82) is 0 Å². The minimum Gasteiger partial charge on any atom is -0.380 e. The van der Waals surface area contributed by atoms with Crippen LogP contribution < -0.4 is 5.32 Å². The van der Waals surface area contributed by atoms with Gasteiger partial charge in [0.15, 0.2) is 0 Å². The average molecular weight is 235 g/mol. The molecule has 1 N–H and O–H groups in total. The van der Waals surface area contributed by atoms with E-state index in [9.17, 15) is 4.39 Å². The quantitative estimate of drug-likeness (QED) is 0.842. The summed E-state index contributed by atoms with van der Waals surface area (Å²) in [5, 5.41) is 5.25. The van der Waals surface area contributed by atoms with E-state index in [-0.39, 0.29) is 5.82 Å². The number of hydrogen-bond acceptors (Lipinski definition) is 2. The van der Waals surface area contributed by atoms with Crippen molar-refractivity contribution in [1.82, 2.24) is 0 Å². The summed E-state index contributed by atoms with van der Waals surface area (Å²) in [4.78, 5) is 1.25. The van der Waals surface area contributed by atoms with Crippen LogP contribution in [0.15, 0.2) is 35.7 Å². The predicted octanol–water partition coefficient (Wildman–Crippen LogP) is 4.06. The molecule has 0 fully saturated rings. The number of anilines is 1. The highest BCUT2D eigenvalue weighted by atomic mass is 32.1. The van der Waals surface area contributed by atoms with Gasteiger partial charge in [-0.2, -0.15) is 0 Å². The maximum Gasteiger partial charge on any atom is 0.128 e. The monoisotopic (exact) mass is 235 g/mol. The topological polar surface area (TPSA) is 12.0 Å². The Morgan fingerprint density at radius 3 is 2.81 bits per heavy atom. The first kappa shape index (κ1) is 11.1. The average Bonchev–Trinajstić information content (AvgIpc) is 2.79. The Labute approximate surface area is 98.9 Å². The minimum atomic E-state index is -0.126. The van der Waals surface area contributed by atoms with Gasteiger partial charge < -0.3 is 5.32 Å². The number of hydrogen-bond donors (Lipinski definition) is 1. The molecule has 0 aliphatic carbocycles. The summed E-state index contributed by atoms with van der Waals surface area (Å²) in [6, 6.07) is 9.41. The Balaban J connectivity index is 2.02. The molecule has 0 amide bonds. The van der Waals surface area contributed by atoms with Gasteiger partial charge in [-0.3, -0.25) is 0 Å². The van der Waals surface area contributed by atoms with Crippen molar-refractivity contribution in [2.24, 2.45) is 0 Å². The summed E-state index contributed by atoms with van der Waals surface area (Å²) in [5.41, 5.74) is 1.60. The molecule has 0 unspecified atom stereocenters. The summed E-state index contributed by atoms with van der Waals surface area (Å²) in [5.74, 6) is -0.126. The molecule has 3 heteroatoms. The molecule has 1 aromatic heterocycles. The van der Waals surface area contributed by atoms with Crippen LogP contribution in [0.25, 0.3) is 0 Å². The van der Waals surface area contributed by atoms with Crippen LogP contribution in [0.4, 0.5) is 10.1 Å². The van der Waals surface area contributed by atoms with Crippen LogP contribution in [0.2, 0.25) is 0 Å². The lowest BCUT2D eigenvalue weighted by Crippen LogP contribution is -1.98. The molecule has 0 bridgehead atoms. The molecule has 0 aliphatic heterocycles. The third-order valence-corrected chi connectivity index (χ3v) is 3.36. The van der Waals surface area contributed by atoms with Crippen molar-refractivity contribution < 1.29 is 4.39 Å². The van der Waals surface area contributed by atoms with Gasteiger partial charge in [-0.15, -0.1) is 11.3 Å². The minimum absolute atomic E-state index is 0.126. The first-order valence-corrected chi connectivity index (χ1v) is 6.22. The van der Waals surface area contributed by atoms with E-state index in [1.54, 1.807) is 17.4 Å². The van der Waals surface area contributed by atoms with E-state index < -0.39 is 0 Å². The van der Waals surface area contributed by atoms with E-state index in [0.29, 0.717) is 0 Å². The summed E-state index contributed by atoms with van der Waals surface area (Å²) in [7, 11) is 0. The number of nitrogens with one attached hydrogen (secondary N) is 1. The standard InChI is InChI=1S/C13H14FNS/c1-2-10-5-6-11(8-13(10)14)15-9-12-4-3-7-16-12/h3-8,15H,2,9H2,1H3. The zero-order valence-corrected chi connectivity index (χ0v) is 9.98. The number of thiophene rings is 1. The fourth-order valence-electron chi connectivity index (χ4n) is 1.55. The molecule has 0 saturated carbocycles. The predicted molar refractivity (Wildman–Crippen MR) is 67.4 cm³/mol. The van der Waals surface area contributed by atoms with Gasteiger partial charge in [0.05, 0.1) is 0 Å². The lowest BCUT2D eigenvalue weighted by molar-refractivity contribution is 0.612. The van der Waals surface area contributed by atoms with E-state index >= 15 is 0 Å².